The summed E-state index contributed by atoms with van der Waals surface area (Å²) in [6, 6.07) is 12.1. The minimum Gasteiger partial charge on any atom is -0.353 e. The van der Waals surface area contributed by atoms with E-state index in [9.17, 15) is 4.79 Å². The summed E-state index contributed by atoms with van der Waals surface area (Å²) in [5.74, 6) is -0.0560. The zero-order valence-electron chi connectivity index (χ0n) is 15.4. The third-order valence-electron chi connectivity index (χ3n) is 4.74. The van der Waals surface area contributed by atoms with Crippen molar-refractivity contribution in [1.82, 2.24) is 19.8 Å². The van der Waals surface area contributed by atoms with E-state index >= 15 is 0 Å². The number of nitrogens with one attached hydrogen (secondary N) is 1. The van der Waals surface area contributed by atoms with Crippen LogP contribution in [-0.2, 0) is 17.8 Å². The molecule has 1 aliphatic heterocycles. The molecule has 1 aliphatic rings. The van der Waals surface area contributed by atoms with Gasteiger partial charge in [0.15, 0.2) is 0 Å². The highest BCUT2D eigenvalue weighted by atomic mass is 16.2. The summed E-state index contributed by atoms with van der Waals surface area (Å²) in [7, 11) is 0. The number of imidazole rings is 1. The van der Waals surface area contributed by atoms with Crippen LogP contribution in [0.15, 0.2) is 36.7 Å². The molecule has 6 nitrogen and oxygen atoms in total. The molecular weight excluding hydrogens is 326 g/mol. The first-order valence-electron chi connectivity index (χ1n) is 9.10. The third kappa shape index (κ3) is 3.78. The van der Waals surface area contributed by atoms with E-state index in [0.717, 1.165) is 24.4 Å². The van der Waals surface area contributed by atoms with Crippen molar-refractivity contribution in [3.63, 3.8) is 0 Å². The van der Waals surface area contributed by atoms with Crippen LogP contribution in [-0.4, -0.2) is 33.4 Å². The molecule has 3 rings (SSSR count). The predicted molar refractivity (Wildman–Crippen MR) is 99.1 cm³/mol. The average Bonchev–Trinajstić information content (AvgIpc) is 3.07. The van der Waals surface area contributed by atoms with Crippen molar-refractivity contribution >= 4 is 5.91 Å². The zero-order valence-corrected chi connectivity index (χ0v) is 15.4. The number of fused-ring (bicyclic) bond motifs is 1. The maximum absolute atomic E-state index is 13.0. The fourth-order valence-corrected chi connectivity index (χ4v) is 3.48. The second kappa shape index (κ2) is 8.15. The van der Waals surface area contributed by atoms with E-state index in [0.29, 0.717) is 19.5 Å². The number of carbonyl (C=O) groups excluding carboxylic acids is 1. The number of hydrogen-bond acceptors (Lipinski definition) is 4. The topological polar surface area (TPSA) is 74.0 Å². The van der Waals surface area contributed by atoms with Crippen LogP contribution >= 0.6 is 0 Å². The number of carbonyl (C=O) groups is 1. The molecule has 1 unspecified atom stereocenters. The van der Waals surface area contributed by atoms with Crippen LogP contribution in [0.2, 0.25) is 0 Å². The average molecular weight is 351 g/mol. The number of nitrogens with zero attached hydrogens (tertiary/aromatic N) is 4. The lowest BCUT2D eigenvalue weighted by atomic mass is 10.00. The summed E-state index contributed by atoms with van der Waals surface area (Å²) in [6.07, 6.45) is 2.99. The first-order chi connectivity index (χ1) is 12.6. The summed E-state index contributed by atoms with van der Waals surface area (Å²) >= 11 is 0. The molecule has 6 heteroatoms. The molecular formula is C20H25N5O. The number of nitriles is 1. The Kier molecular flexibility index (Phi) is 5.69. The van der Waals surface area contributed by atoms with Gasteiger partial charge in [0.25, 0.3) is 0 Å². The monoisotopic (exact) mass is 351 g/mol. The van der Waals surface area contributed by atoms with E-state index in [1.54, 1.807) is 0 Å². The van der Waals surface area contributed by atoms with Crippen LogP contribution in [0, 0.1) is 11.3 Å². The molecule has 2 heterocycles. The van der Waals surface area contributed by atoms with E-state index < -0.39 is 0 Å². The molecule has 0 radical (unpaired) electrons. The fourth-order valence-electron chi connectivity index (χ4n) is 3.48. The Labute approximate surface area is 154 Å². The maximum Gasteiger partial charge on any atom is 0.243 e. The van der Waals surface area contributed by atoms with Gasteiger partial charge in [-0.2, -0.15) is 5.26 Å². The number of hydrogen-bond donors (Lipinski definition) is 1. The lowest BCUT2D eigenvalue weighted by Crippen LogP contribution is -2.45. The van der Waals surface area contributed by atoms with Crippen LogP contribution in [0.4, 0.5) is 0 Å². The summed E-state index contributed by atoms with van der Waals surface area (Å²) < 4.78 is 2.10. The molecule has 1 aromatic heterocycles. The quantitative estimate of drug-likeness (QED) is 0.812. The van der Waals surface area contributed by atoms with Gasteiger partial charge in [0.2, 0.25) is 5.91 Å². The summed E-state index contributed by atoms with van der Waals surface area (Å²) in [6.45, 7) is 6.06. The molecule has 0 saturated heterocycles. The third-order valence-corrected chi connectivity index (χ3v) is 4.74. The Bertz CT molecular complexity index is 790. The number of aromatic nitrogens is 2. The van der Waals surface area contributed by atoms with Crippen molar-refractivity contribution in [2.24, 2.45) is 0 Å². The van der Waals surface area contributed by atoms with Crippen LogP contribution in [0.1, 0.15) is 49.3 Å². The predicted octanol–water partition coefficient (Wildman–Crippen LogP) is 2.59. The molecule has 2 aromatic rings. The van der Waals surface area contributed by atoms with Gasteiger partial charge in [-0.25, -0.2) is 4.98 Å². The molecule has 0 bridgehead atoms. The van der Waals surface area contributed by atoms with Crippen molar-refractivity contribution in [3.8, 4) is 6.07 Å². The minimum atomic E-state index is -0.387. The molecule has 0 saturated carbocycles. The SMILES string of the molecule is CC(C)n1cnc2c1C(C(=O)NCCC#N)N(Cc1ccccc1)CC2. The van der Waals surface area contributed by atoms with Gasteiger partial charge < -0.3 is 9.88 Å². The Morgan fingerprint density at radius 3 is 2.85 bits per heavy atom. The highest BCUT2D eigenvalue weighted by molar-refractivity contribution is 5.83. The molecule has 0 fully saturated rings. The van der Waals surface area contributed by atoms with Gasteiger partial charge in [-0.3, -0.25) is 9.69 Å². The van der Waals surface area contributed by atoms with Crippen LogP contribution in [0.5, 0.6) is 0 Å². The second-order valence-electron chi connectivity index (χ2n) is 6.89. The standard InChI is InChI=1S/C20H25N5O/c1-15(2)25-14-23-17-9-12-24(13-16-7-4-3-5-8-16)19(18(17)25)20(26)22-11-6-10-21/h3-5,7-8,14-15,19H,6,9,11-13H2,1-2H3,(H,22,26). The lowest BCUT2D eigenvalue weighted by Gasteiger charge is -2.35. The minimum absolute atomic E-state index is 0.0560. The molecule has 1 N–H and O–H groups in total. The molecule has 1 amide bonds. The molecule has 136 valence electrons. The molecule has 1 atom stereocenters. The van der Waals surface area contributed by atoms with Crippen LogP contribution < -0.4 is 5.32 Å². The first-order valence-corrected chi connectivity index (χ1v) is 9.10. The number of benzene rings is 1. The summed E-state index contributed by atoms with van der Waals surface area (Å²) in [5, 5.41) is 11.7. The van der Waals surface area contributed by atoms with Gasteiger partial charge in [0.1, 0.15) is 6.04 Å². The fraction of sp³-hybridized carbons (Fsp3) is 0.450. The molecule has 0 aliphatic carbocycles. The van der Waals surface area contributed by atoms with E-state index in [1.165, 1.54) is 5.56 Å². The van der Waals surface area contributed by atoms with Crippen LogP contribution in [0.25, 0.3) is 0 Å². The summed E-state index contributed by atoms with van der Waals surface area (Å²) in [5.41, 5.74) is 3.17. The number of amides is 1. The van der Waals surface area contributed by atoms with Crippen molar-refractivity contribution in [2.45, 2.75) is 45.3 Å². The van der Waals surface area contributed by atoms with Gasteiger partial charge in [0, 0.05) is 32.1 Å². The second-order valence-corrected chi connectivity index (χ2v) is 6.89. The van der Waals surface area contributed by atoms with Gasteiger partial charge in [-0.15, -0.1) is 0 Å². The van der Waals surface area contributed by atoms with Gasteiger partial charge in [-0.1, -0.05) is 30.3 Å². The van der Waals surface area contributed by atoms with Gasteiger partial charge in [-0.05, 0) is 19.4 Å². The van der Waals surface area contributed by atoms with Crippen molar-refractivity contribution in [1.29, 1.82) is 5.26 Å². The Morgan fingerprint density at radius 2 is 2.15 bits per heavy atom. The lowest BCUT2D eigenvalue weighted by molar-refractivity contribution is -0.127. The van der Waals surface area contributed by atoms with E-state index in [-0.39, 0.29) is 18.0 Å². The zero-order chi connectivity index (χ0) is 18.5. The van der Waals surface area contributed by atoms with Crippen molar-refractivity contribution in [2.75, 3.05) is 13.1 Å². The van der Waals surface area contributed by atoms with E-state index in [2.05, 4.69) is 51.8 Å². The van der Waals surface area contributed by atoms with Crippen LogP contribution in [0.3, 0.4) is 0 Å². The molecule has 1 aromatic carbocycles. The smallest absolute Gasteiger partial charge is 0.243 e. The highest BCUT2D eigenvalue weighted by Gasteiger charge is 2.36. The van der Waals surface area contributed by atoms with E-state index in [1.807, 2.05) is 24.5 Å². The maximum atomic E-state index is 13.0. The first kappa shape index (κ1) is 18.2. The number of rotatable bonds is 6. The van der Waals surface area contributed by atoms with Crippen molar-refractivity contribution in [3.05, 3.63) is 53.6 Å². The molecule has 0 spiro atoms. The normalized spacial score (nSPS) is 16.9. The Morgan fingerprint density at radius 1 is 1.38 bits per heavy atom. The highest BCUT2D eigenvalue weighted by Crippen LogP contribution is 2.32. The van der Waals surface area contributed by atoms with Crippen molar-refractivity contribution < 1.29 is 4.79 Å². The molecule has 26 heavy (non-hydrogen) atoms. The van der Waals surface area contributed by atoms with Gasteiger partial charge >= 0.3 is 0 Å². The Balaban J connectivity index is 1.92. The van der Waals surface area contributed by atoms with Gasteiger partial charge in [0.05, 0.1) is 30.2 Å². The van der Waals surface area contributed by atoms with E-state index in [4.69, 9.17) is 5.26 Å². The summed E-state index contributed by atoms with van der Waals surface area (Å²) in [4.78, 5) is 19.8. The largest absolute Gasteiger partial charge is 0.353 e. The Hall–Kier alpha value is -2.65.